The zero-order valence-electron chi connectivity index (χ0n) is 13.3. The molecule has 0 bridgehead atoms. The molecule has 0 aliphatic carbocycles. The lowest BCUT2D eigenvalue weighted by Crippen LogP contribution is -2.31. The number of carboxylic acids is 1. The maximum atomic E-state index is 12.0. The summed E-state index contributed by atoms with van der Waals surface area (Å²) in [6.07, 6.45) is 1.74. The Balaban J connectivity index is 2.23. The molecule has 0 saturated heterocycles. The van der Waals surface area contributed by atoms with Crippen LogP contribution in [0.4, 0.5) is 0 Å². The lowest BCUT2D eigenvalue weighted by atomic mass is 10.2. The quantitative estimate of drug-likeness (QED) is 0.733. The van der Waals surface area contributed by atoms with Gasteiger partial charge >= 0.3 is 5.97 Å². The summed E-state index contributed by atoms with van der Waals surface area (Å²) in [6, 6.07) is 6.70. The SMILES string of the molecule is CS(=O)(=O)N(Cc1ccc(Cl)cc1)Cc1ncc(CC(=O)O)c(=O)[nH]1. The van der Waals surface area contributed by atoms with E-state index in [0.717, 1.165) is 22.3 Å². The van der Waals surface area contributed by atoms with E-state index in [2.05, 4.69) is 9.97 Å². The van der Waals surface area contributed by atoms with Gasteiger partial charge in [-0.2, -0.15) is 4.31 Å². The van der Waals surface area contributed by atoms with Gasteiger partial charge in [-0.25, -0.2) is 13.4 Å². The second-order valence-electron chi connectivity index (χ2n) is 5.41. The summed E-state index contributed by atoms with van der Waals surface area (Å²) in [5.41, 5.74) is 0.117. The van der Waals surface area contributed by atoms with Crippen molar-refractivity contribution in [3.8, 4) is 0 Å². The van der Waals surface area contributed by atoms with Crippen LogP contribution in [0.15, 0.2) is 35.3 Å². The van der Waals surface area contributed by atoms with Crippen molar-refractivity contribution in [3.05, 3.63) is 62.8 Å². The Bertz CT molecular complexity index is 925. The predicted octanol–water partition coefficient (Wildman–Crippen LogP) is 1.01. The van der Waals surface area contributed by atoms with Gasteiger partial charge in [-0.15, -0.1) is 0 Å². The van der Waals surface area contributed by atoms with Crippen molar-refractivity contribution in [1.82, 2.24) is 14.3 Å². The Hall–Kier alpha value is -2.23. The largest absolute Gasteiger partial charge is 0.481 e. The fourth-order valence-electron chi connectivity index (χ4n) is 2.08. The average Bonchev–Trinajstić information content (AvgIpc) is 2.50. The van der Waals surface area contributed by atoms with E-state index in [1.165, 1.54) is 0 Å². The summed E-state index contributed by atoms with van der Waals surface area (Å²) in [6.45, 7) is -0.0688. The lowest BCUT2D eigenvalue weighted by Gasteiger charge is -2.19. The molecule has 134 valence electrons. The minimum Gasteiger partial charge on any atom is -0.481 e. The van der Waals surface area contributed by atoms with Crippen LogP contribution in [0.2, 0.25) is 5.02 Å². The minimum absolute atomic E-state index is 0.000133. The van der Waals surface area contributed by atoms with Crippen molar-refractivity contribution in [3.63, 3.8) is 0 Å². The van der Waals surface area contributed by atoms with Crippen molar-refractivity contribution in [2.45, 2.75) is 19.5 Å². The number of nitrogens with one attached hydrogen (secondary N) is 1. The zero-order valence-corrected chi connectivity index (χ0v) is 14.8. The molecule has 1 heterocycles. The van der Waals surface area contributed by atoms with Crippen molar-refractivity contribution >= 4 is 27.6 Å². The second-order valence-corrected chi connectivity index (χ2v) is 7.83. The highest BCUT2D eigenvalue weighted by molar-refractivity contribution is 7.88. The van der Waals surface area contributed by atoms with Crippen LogP contribution in [0.25, 0.3) is 0 Å². The van der Waals surface area contributed by atoms with Gasteiger partial charge in [0, 0.05) is 23.3 Å². The first-order chi connectivity index (χ1) is 11.6. The Morgan fingerprint density at radius 3 is 2.44 bits per heavy atom. The second kappa shape index (κ2) is 7.77. The van der Waals surface area contributed by atoms with Gasteiger partial charge in [0.2, 0.25) is 10.0 Å². The third-order valence-electron chi connectivity index (χ3n) is 3.33. The van der Waals surface area contributed by atoms with Gasteiger partial charge in [0.25, 0.3) is 5.56 Å². The molecule has 0 fully saturated rings. The number of nitrogens with zero attached hydrogens (tertiary/aromatic N) is 2. The summed E-state index contributed by atoms with van der Waals surface area (Å²) >= 11 is 5.81. The standard InChI is InChI=1S/C15H16ClN3O5S/c1-25(23,24)19(8-10-2-4-12(16)5-3-10)9-13-17-7-11(6-14(20)21)15(22)18-13/h2-5,7H,6,8-9H2,1H3,(H,20,21)(H,17,18,22). The third kappa shape index (κ3) is 5.66. The Morgan fingerprint density at radius 1 is 1.28 bits per heavy atom. The first kappa shape index (κ1) is 19.1. The number of aromatic nitrogens is 2. The van der Waals surface area contributed by atoms with E-state index in [0.29, 0.717) is 5.02 Å². The smallest absolute Gasteiger partial charge is 0.308 e. The number of hydrogen-bond donors (Lipinski definition) is 2. The number of hydrogen-bond acceptors (Lipinski definition) is 5. The van der Waals surface area contributed by atoms with E-state index in [9.17, 15) is 18.0 Å². The first-order valence-electron chi connectivity index (χ1n) is 7.13. The molecule has 2 N–H and O–H groups in total. The normalized spacial score (nSPS) is 11.6. The van der Waals surface area contributed by atoms with Crippen LogP contribution in [0.5, 0.6) is 0 Å². The van der Waals surface area contributed by atoms with Crippen LogP contribution in [0.3, 0.4) is 0 Å². The van der Waals surface area contributed by atoms with Gasteiger partial charge in [0.05, 0.1) is 19.2 Å². The fraction of sp³-hybridized carbons (Fsp3) is 0.267. The van der Waals surface area contributed by atoms with Crippen molar-refractivity contribution in [1.29, 1.82) is 0 Å². The predicted molar refractivity (Wildman–Crippen MR) is 91.7 cm³/mol. The van der Waals surface area contributed by atoms with Crippen molar-refractivity contribution < 1.29 is 18.3 Å². The molecule has 10 heteroatoms. The summed E-state index contributed by atoms with van der Waals surface area (Å²) < 4.78 is 25.2. The van der Waals surface area contributed by atoms with Crippen molar-refractivity contribution in [2.75, 3.05) is 6.26 Å². The molecular weight excluding hydrogens is 370 g/mol. The number of halogens is 1. The molecular formula is C15H16ClN3O5S. The van der Waals surface area contributed by atoms with Crippen molar-refractivity contribution in [2.24, 2.45) is 0 Å². The Morgan fingerprint density at radius 2 is 1.92 bits per heavy atom. The number of carbonyl (C=O) groups is 1. The number of aliphatic carboxylic acids is 1. The van der Waals surface area contributed by atoms with Gasteiger partial charge in [-0.3, -0.25) is 9.59 Å². The maximum Gasteiger partial charge on any atom is 0.308 e. The maximum absolute atomic E-state index is 12.0. The number of carboxylic acid groups (broad SMARTS) is 1. The van der Waals surface area contributed by atoms with E-state index in [1.807, 2.05) is 0 Å². The van der Waals surface area contributed by atoms with Crippen LogP contribution < -0.4 is 5.56 Å². The first-order valence-corrected chi connectivity index (χ1v) is 9.36. The molecule has 0 radical (unpaired) electrons. The number of sulfonamides is 1. The van der Waals surface area contributed by atoms with E-state index in [-0.39, 0.29) is 24.5 Å². The topological polar surface area (TPSA) is 120 Å². The molecule has 25 heavy (non-hydrogen) atoms. The zero-order chi connectivity index (χ0) is 18.6. The van der Waals surface area contributed by atoms with E-state index >= 15 is 0 Å². The van der Waals surface area contributed by atoms with Crippen LogP contribution in [-0.2, 0) is 34.3 Å². The monoisotopic (exact) mass is 385 g/mol. The Labute approximate surface area is 149 Å². The Kier molecular flexibility index (Phi) is 5.93. The van der Waals surface area contributed by atoms with Gasteiger partial charge < -0.3 is 10.1 Å². The van der Waals surface area contributed by atoms with Crippen LogP contribution in [0.1, 0.15) is 17.0 Å². The van der Waals surface area contributed by atoms with Crippen LogP contribution in [0, 0.1) is 0 Å². The highest BCUT2D eigenvalue weighted by Crippen LogP contribution is 2.14. The number of H-pyrrole nitrogens is 1. The van der Waals surface area contributed by atoms with E-state index in [4.69, 9.17) is 16.7 Å². The highest BCUT2D eigenvalue weighted by atomic mass is 35.5. The number of benzene rings is 1. The fourth-order valence-corrected chi connectivity index (χ4v) is 2.94. The van der Waals surface area contributed by atoms with Gasteiger partial charge in [0.15, 0.2) is 0 Å². The molecule has 2 aromatic rings. The van der Waals surface area contributed by atoms with Crippen LogP contribution in [-0.4, -0.2) is 40.0 Å². The molecule has 0 amide bonds. The number of rotatable bonds is 7. The summed E-state index contributed by atoms with van der Waals surface area (Å²) in [7, 11) is -3.57. The molecule has 0 aliphatic rings. The van der Waals surface area contributed by atoms with E-state index < -0.39 is 28.0 Å². The average molecular weight is 386 g/mol. The molecule has 1 aromatic heterocycles. The number of aromatic amines is 1. The summed E-state index contributed by atoms with van der Waals surface area (Å²) in [5.74, 6) is -1.03. The lowest BCUT2D eigenvalue weighted by molar-refractivity contribution is -0.136. The molecule has 0 unspecified atom stereocenters. The molecule has 0 spiro atoms. The summed E-state index contributed by atoms with van der Waals surface area (Å²) in [5, 5.41) is 9.26. The highest BCUT2D eigenvalue weighted by Gasteiger charge is 2.19. The van der Waals surface area contributed by atoms with Gasteiger partial charge in [-0.05, 0) is 17.7 Å². The molecule has 0 saturated carbocycles. The molecule has 0 atom stereocenters. The van der Waals surface area contributed by atoms with E-state index in [1.54, 1.807) is 24.3 Å². The molecule has 0 aliphatic heterocycles. The minimum atomic E-state index is -3.57. The molecule has 2 rings (SSSR count). The van der Waals surface area contributed by atoms with Gasteiger partial charge in [-0.1, -0.05) is 23.7 Å². The molecule has 8 nitrogen and oxygen atoms in total. The van der Waals surface area contributed by atoms with Gasteiger partial charge in [0.1, 0.15) is 5.82 Å². The summed E-state index contributed by atoms with van der Waals surface area (Å²) in [4.78, 5) is 28.9. The molecule has 1 aromatic carbocycles. The van der Waals surface area contributed by atoms with Crippen LogP contribution >= 0.6 is 11.6 Å². The third-order valence-corrected chi connectivity index (χ3v) is 4.78.